The van der Waals surface area contributed by atoms with Gasteiger partial charge in [0.2, 0.25) is 0 Å². The molecule has 0 atom stereocenters. The number of ether oxygens (including phenoxy) is 2. The number of carboxylic acids is 1. The lowest BCUT2D eigenvalue weighted by atomic mass is 9.99. The van der Waals surface area contributed by atoms with Crippen LogP contribution in [0.15, 0.2) is 48.5 Å². The van der Waals surface area contributed by atoms with Crippen LogP contribution < -0.4 is 9.47 Å². The molecule has 0 aliphatic rings. The quantitative estimate of drug-likeness (QED) is 0.632. The average molecular weight is 380 g/mol. The lowest BCUT2D eigenvalue weighted by Gasteiger charge is -2.09. The van der Waals surface area contributed by atoms with Crippen LogP contribution in [0.1, 0.15) is 18.9 Å². The van der Waals surface area contributed by atoms with Crippen molar-refractivity contribution in [1.82, 2.24) is 9.78 Å². The van der Waals surface area contributed by atoms with Crippen LogP contribution in [0, 0.1) is 0 Å². The standard InChI is InChI=1S/C22H24N2O4/c1-4-19-21(15-5-9-17(27-2)10-6-15)23-24(14-13-20(25)26)22(19)16-7-11-18(28-3)12-8-16/h5-12H,4,13-14H2,1-3H3,(H,25,26). The number of carboxylic acid groups (broad SMARTS) is 1. The fraction of sp³-hybridized carbons (Fsp3) is 0.273. The van der Waals surface area contributed by atoms with Gasteiger partial charge in [0.25, 0.3) is 0 Å². The third-order valence-electron chi connectivity index (χ3n) is 4.67. The smallest absolute Gasteiger partial charge is 0.305 e. The molecule has 0 saturated carbocycles. The van der Waals surface area contributed by atoms with Crippen LogP contribution in [0.3, 0.4) is 0 Å². The van der Waals surface area contributed by atoms with Gasteiger partial charge in [-0.3, -0.25) is 9.48 Å². The predicted molar refractivity (Wildman–Crippen MR) is 108 cm³/mol. The number of rotatable bonds is 8. The van der Waals surface area contributed by atoms with Crippen LogP contribution in [0.5, 0.6) is 11.5 Å². The van der Waals surface area contributed by atoms with Crippen molar-refractivity contribution in [3.63, 3.8) is 0 Å². The second-order valence-corrected chi connectivity index (χ2v) is 6.35. The molecule has 0 bridgehead atoms. The van der Waals surface area contributed by atoms with E-state index in [0.717, 1.165) is 46.0 Å². The van der Waals surface area contributed by atoms with E-state index in [1.54, 1.807) is 18.9 Å². The summed E-state index contributed by atoms with van der Waals surface area (Å²) in [7, 11) is 3.26. The van der Waals surface area contributed by atoms with Gasteiger partial charge in [-0.15, -0.1) is 0 Å². The zero-order chi connectivity index (χ0) is 20.1. The van der Waals surface area contributed by atoms with Crippen LogP contribution in [0.2, 0.25) is 0 Å². The summed E-state index contributed by atoms with van der Waals surface area (Å²) < 4.78 is 12.3. The molecular weight excluding hydrogens is 356 g/mol. The van der Waals surface area contributed by atoms with Crippen molar-refractivity contribution in [3.05, 3.63) is 54.1 Å². The third kappa shape index (κ3) is 4.01. The van der Waals surface area contributed by atoms with Gasteiger partial charge in [0, 0.05) is 16.7 Å². The number of benzene rings is 2. The van der Waals surface area contributed by atoms with Gasteiger partial charge in [0.1, 0.15) is 11.5 Å². The summed E-state index contributed by atoms with van der Waals surface area (Å²) in [5, 5.41) is 13.9. The minimum absolute atomic E-state index is 0.00996. The molecule has 0 saturated heterocycles. The van der Waals surface area contributed by atoms with Crippen LogP contribution >= 0.6 is 0 Å². The molecule has 0 aliphatic heterocycles. The second kappa shape index (κ2) is 8.61. The number of aromatic nitrogens is 2. The van der Waals surface area contributed by atoms with E-state index >= 15 is 0 Å². The fourth-order valence-electron chi connectivity index (χ4n) is 3.25. The number of aliphatic carboxylic acids is 1. The maximum atomic E-state index is 11.1. The van der Waals surface area contributed by atoms with Crippen molar-refractivity contribution in [2.24, 2.45) is 0 Å². The molecule has 146 valence electrons. The van der Waals surface area contributed by atoms with Crippen molar-refractivity contribution < 1.29 is 19.4 Å². The molecule has 1 N–H and O–H groups in total. The van der Waals surface area contributed by atoms with Gasteiger partial charge in [0.15, 0.2) is 0 Å². The molecule has 2 aromatic carbocycles. The van der Waals surface area contributed by atoms with E-state index in [-0.39, 0.29) is 6.42 Å². The highest BCUT2D eigenvalue weighted by atomic mass is 16.5. The molecule has 1 aromatic heterocycles. The van der Waals surface area contributed by atoms with Gasteiger partial charge in [-0.1, -0.05) is 6.92 Å². The summed E-state index contributed by atoms with van der Waals surface area (Å²) >= 11 is 0. The Morgan fingerprint density at radius 1 is 0.964 bits per heavy atom. The van der Waals surface area contributed by atoms with Crippen molar-refractivity contribution >= 4 is 5.97 Å². The van der Waals surface area contributed by atoms with Crippen LogP contribution in [0.4, 0.5) is 0 Å². The summed E-state index contributed by atoms with van der Waals surface area (Å²) in [5.74, 6) is 0.705. The van der Waals surface area contributed by atoms with Crippen molar-refractivity contribution in [2.75, 3.05) is 14.2 Å². The number of carbonyl (C=O) groups is 1. The lowest BCUT2D eigenvalue weighted by Crippen LogP contribution is -2.07. The number of methoxy groups -OCH3 is 2. The summed E-state index contributed by atoms with van der Waals surface area (Å²) in [4.78, 5) is 11.1. The Kier molecular flexibility index (Phi) is 5.99. The lowest BCUT2D eigenvalue weighted by molar-refractivity contribution is -0.137. The first kappa shape index (κ1) is 19.5. The van der Waals surface area contributed by atoms with E-state index in [9.17, 15) is 4.79 Å². The summed E-state index contributed by atoms with van der Waals surface area (Å²) in [6.45, 7) is 2.39. The molecule has 0 amide bonds. The van der Waals surface area contributed by atoms with E-state index in [1.807, 2.05) is 48.5 Å². The summed E-state index contributed by atoms with van der Waals surface area (Å²) in [6.07, 6.45) is 0.784. The van der Waals surface area contributed by atoms with Crippen molar-refractivity contribution in [2.45, 2.75) is 26.3 Å². The molecule has 28 heavy (non-hydrogen) atoms. The number of aryl methyl sites for hydroxylation is 1. The highest BCUT2D eigenvalue weighted by Gasteiger charge is 2.20. The summed E-state index contributed by atoms with van der Waals surface area (Å²) in [5.41, 5.74) is 4.84. The molecule has 6 nitrogen and oxygen atoms in total. The zero-order valence-corrected chi connectivity index (χ0v) is 16.3. The third-order valence-corrected chi connectivity index (χ3v) is 4.67. The Morgan fingerprint density at radius 3 is 1.96 bits per heavy atom. The molecule has 1 heterocycles. The van der Waals surface area contributed by atoms with E-state index in [1.165, 1.54) is 0 Å². The Balaban J connectivity index is 2.13. The van der Waals surface area contributed by atoms with Crippen molar-refractivity contribution in [1.29, 1.82) is 0 Å². The van der Waals surface area contributed by atoms with Crippen LogP contribution in [0.25, 0.3) is 22.5 Å². The normalized spacial score (nSPS) is 10.7. The van der Waals surface area contributed by atoms with Gasteiger partial charge in [0.05, 0.1) is 38.6 Å². The molecule has 0 unspecified atom stereocenters. The molecule has 0 fully saturated rings. The zero-order valence-electron chi connectivity index (χ0n) is 16.3. The SMILES string of the molecule is CCc1c(-c2ccc(OC)cc2)nn(CCC(=O)O)c1-c1ccc(OC)cc1. The number of hydrogen-bond acceptors (Lipinski definition) is 4. The highest BCUT2D eigenvalue weighted by Crippen LogP contribution is 2.34. The number of nitrogens with zero attached hydrogens (tertiary/aromatic N) is 2. The average Bonchev–Trinajstić information content (AvgIpc) is 3.10. The van der Waals surface area contributed by atoms with Crippen molar-refractivity contribution in [3.8, 4) is 34.0 Å². The van der Waals surface area contributed by atoms with E-state index < -0.39 is 5.97 Å². The van der Waals surface area contributed by atoms with Crippen LogP contribution in [-0.4, -0.2) is 35.1 Å². The second-order valence-electron chi connectivity index (χ2n) is 6.35. The molecule has 3 aromatic rings. The molecule has 0 aliphatic carbocycles. The van der Waals surface area contributed by atoms with Gasteiger partial charge < -0.3 is 14.6 Å². The van der Waals surface area contributed by atoms with Gasteiger partial charge in [-0.2, -0.15) is 5.10 Å². The van der Waals surface area contributed by atoms with Gasteiger partial charge in [-0.25, -0.2) is 0 Å². The van der Waals surface area contributed by atoms with Gasteiger partial charge >= 0.3 is 5.97 Å². The molecule has 0 radical (unpaired) electrons. The minimum atomic E-state index is -0.847. The summed E-state index contributed by atoms with van der Waals surface area (Å²) in [6, 6.07) is 15.5. The first-order valence-electron chi connectivity index (χ1n) is 9.17. The monoisotopic (exact) mass is 380 g/mol. The molecular formula is C22H24N2O4. The van der Waals surface area contributed by atoms with E-state index in [4.69, 9.17) is 19.7 Å². The van der Waals surface area contributed by atoms with Gasteiger partial charge in [-0.05, 0) is 55.0 Å². The topological polar surface area (TPSA) is 73.6 Å². The first-order chi connectivity index (χ1) is 13.6. The largest absolute Gasteiger partial charge is 0.497 e. The Hall–Kier alpha value is -3.28. The Bertz CT molecular complexity index is 944. The molecule has 3 rings (SSSR count). The fourth-order valence-corrected chi connectivity index (χ4v) is 3.25. The van der Waals surface area contributed by atoms with E-state index in [0.29, 0.717) is 6.54 Å². The Morgan fingerprint density at radius 2 is 1.50 bits per heavy atom. The first-order valence-corrected chi connectivity index (χ1v) is 9.17. The highest BCUT2D eigenvalue weighted by molar-refractivity contribution is 5.75. The van der Waals surface area contributed by atoms with E-state index in [2.05, 4.69) is 6.92 Å². The molecule has 0 spiro atoms. The molecule has 6 heteroatoms. The Labute approximate surface area is 164 Å². The predicted octanol–water partition coefficient (Wildman–Crippen LogP) is 4.27. The number of hydrogen-bond donors (Lipinski definition) is 1. The van der Waals surface area contributed by atoms with Crippen LogP contribution in [-0.2, 0) is 17.8 Å². The maximum Gasteiger partial charge on any atom is 0.305 e. The maximum absolute atomic E-state index is 11.1. The minimum Gasteiger partial charge on any atom is -0.497 e.